The van der Waals surface area contributed by atoms with Crippen LogP contribution in [0.15, 0.2) is 30.3 Å². The topological polar surface area (TPSA) is 61.8 Å². The highest BCUT2D eigenvalue weighted by atomic mass is 16.5. The quantitative estimate of drug-likeness (QED) is 0.613. The molecule has 5 nitrogen and oxygen atoms in total. The van der Waals surface area contributed by atoms with Gasteiger partial charge >= 0.3 is 13.0 Å². The van der Waals surface area contributed by atoms with Crippen LogP contribution in [-0.4, -0.2) is 48.6 Å². The third kappa shape index (κ3) is 4.09. The van der Waals surface area contributed by atoms with Gasteiger partial charge in [0.25, 0.3) is 0 Å². The van der Waals surface area contributed by atoms with Gasteiger partial charge in [-0.15, -0.1) is 0 Å². The van der Waals surface area contributed by atoms with Crippen LogP contribution >= 0.6 is 0 Å². The standard InChI is InChI=1S/C16H25BN2O3/c1-4-22-16(20)14-10-19(17(3)21)11-15(14)18-12(2)13-8-6-5-7-9-13/h5-9,12,14-15,18,21H,4,10-11H2,1-3H3/t12-,14-,15+/m0/s1. The van der Waals surface area contributed by atoms with E-state index in [9.17, 15) is 9.82 Å². The van der Waals surface area contributed by atoms with Gasteiger partial charge in [0.05, 0.1) is 12.5 Å². The van der Waals surface area contributed by atoms with Crippen molar-refractivity contribution >= 4 is 13.0 Å². The molecule has 0 radical (unpaired) electrons. The molecule has 1 aromatic rings. The first-order chi connectivity index (χ1) is 10.5. The lowest BCUT2D eigenvalue weighted by Crippen LogP contribution is -2.42. The number of rotatable bonds is 6. The van der Waals surface area contributed by atoms with Crippen LogP contribution in [0.4, 0.5) is 0 Å². The Morgan fingerprint density at radius 2 is 2.14 bits per heavy atom. The lowest BCUT2D eigenvalue weighted by atomic mass is 9.86. The predicted molar refractivity (Wildman–Crippen MR) is 87.3 cm³/mol. The molecule has 1 aliphatic heterocycles. The Hall–Kier alpha value is -1.37. The van der Waals surface area contributed by atoms with Crippen LogP contribution in [-0.2, 0) is 9.53 Å². The fourth-order valence-electron chi connectivity index (χ4n) is 2.96. The summed E-state index contributed by atoms with van der Waals surface area (Å²) in [6, 6.07) is 10.3. The minimum absolute atomic E-state index is 0.0242. The number of hydrogen-bond acceptors (Lipinski definition) is 5. The van der Waals surface area contributed by atoms with E-state index in [1.165, 1.54) is 5.56 Å². The highest BCUT2D eigenvalue weighted by Gasteiger charge is 2.41. The molecule has 6 heteroatoms. The summed E-state index contributed by atoms with van der Waals surface area (Å²) in [6.07, 6.45) is 0. The van der Waals surface area contributed by atoms with E-state index in [-0.39, 0.29) is 24.0 Å². The minimum Gasteiger partial charge on any atom is -0.466 e. The zero-order valence-electron chi connectivity index (χ0n) is 13.5. The summed E-state index contributed by atoms with van der Waals surface area (Å²) in [7, 11) is -0.559. The molecule has 0 spiro atoms. The molecule has 3 atom stereocenters. The van der Waals surface area contributed by atoms with Crippen molar-refractivity contribution in [2.24, 2.45) is 5.92 Å². The van der Waals surface area contributed by atoms with Gasteiger partial charge in [-0.05, 0) is 26.2 Å². The molecule has 0 aromatic heterocycles. The first-order valence-corrected chi connectivity index (χ1v) is 7.92. The molecular formula is C16H25BN2O3. The Balaban J connectivity index is 2.06. The van der Waals surface area contributed by atoms with Crippen LogP contribution in [0, 0.1) is 5.92 Å². The van der Waals surface area contributed by atoms with E-state index in [0.717, 1.165) is 0 Å². The first kappa shape index (κ1) is 17.0. The Kier molecular flexibility index (Phi) is 6.00. The molecule has 120 valence electrons. The Bertz CT molecular complexity index is 484. The van der Waals surface area contributed by atoms with Crippen LogP contribution < -0.4 is 5.32 Å². The van der Waals surface area contributed by atoms with Crippen molar-refractivity contribution in [3.8, 4) is 0 Å². The molecule has 1 aromatic carbocycles. The molecule has 0 unspecified atom stereocenters. The fraction of sp³-hybridized carbons (Fsp3) is 0.562. The fourth-order valence-corrected chi connectivity index (χ4v) is 2.96. The molecule has 1 saturated heterocycles. The van der Waals surface area contributed by atoms with Crippen molar-refractivity contribution in [3.05, 3.63) is 35.9 Å². The van der Waals surface area contributed by atoms with Gasteiger partial charge in [-0.1, -0.05) is 30.3 Å². The highest BCUT2D eigenvalue weighted by molar-refractivity contribution is 6.45. The van der Waals surface area contributed by atoms with Crippen molar-refractivity contribution in [2.75, 3.05) is 19.7 Å². The Morgan fingerprint density at radius 1 is 1.45 bits per heavy atom. The largest absolute Gasteiger partial charge is 0.466 e. The summed E-state index contributed by atoms with van der Waals surface area (Å²) in [5, 5.41) is 13.3. The van der Waals surface area contributed by atoms with E-state index in [2.05, 4.69) is 24.4 Å². The lowest BCUT2D eigenvalue weighted by Gasteiger charge is -2.23. The van der Waals surface area contributed by atoms with Crippen LogP contribution in [0.3, 0.4) is 0 Å². The number of carbonyl (C=O) groups excluding carboxylic acids is 1. The van der Waals surface area contributed by atoms with Gasteiger partial charge in [-0.25, -0.2) is 0 Å². The summed E-state index contributed by atoms with van der Waals surface area (Å²) >= 11 is 0. The van der Waals surface area contributed by atoms with Crippen molar-refractivity contribution in [1.29, 1.82) is 0 Å². The number of hydrogen-bond donors (Lipinski definition) is 2. The van der Waals surface area contributed by atoms with E-state index in [4.69, 9.17) is 4.74 Å². The third-order valence-corrected chi connectivity index (χ3v) is 4.23. The number of ether oxygens (including phenoxy) is 1. The SMILES string of the molecule is CCOC(=O)[C@H]1CN(B(C)O)C[C@H]1N[C@@H](C)c1ccccc1. The maximum absolute atomic E-state index is 12.2. The van der Waals surface area contributed by atoms with Crippen molar-refractivity contribution in [1.82, 2.24) is 10.1 Å². The van der Waals surface area contributed by atoms with Gasteiger partial charge in [-0.2, -0.15) is 0 Å². The highest BCUT2D eigenvalue weighted by Crippen LogP contribution is 2.23. The summed E-state index contributed by atoms with van der Waals surface area (Å²) in [5.41, 5.74) is 1.18. The lowest BCUT2D eigenvalue weighted by molar-refractivity contribution is -0.148. The summed E-state index contributed by atoms with van der Waals surface area (Å²) in [5.74, 6) is -0.441. The maximum atomic E-state index is 12.2. The molecule has 22 heavy (non-hydrogen) atoms. The molecular weight excluding hydrogens is 279 g/mol. The Morgan fingerprint density at radius 3 is 2.73 bits per heavy atom. The second-order valence-electron chi connectivity index (χ2n) is 5.85. The second-order valence-corrected chi connectivity index (χ2v) is 5.85. The summed E-state index contributed by atoms with van der Waals surface area (Å²) in [6.45, 7) is 7.17. The average molecular weight is 304 g/mol. The molecule has 0 aliphatic carbocycles. The average Bonchev–Trinajstić information content (AvgIpc) is 2.92. The van der Waals surface area contributed by atoms with Gasteiger partial charge < -0.3 is 19.9 Å². The first-order valence-electron chi connectivity index (χ1n) is 7.92. The van der Waals surface area contributed by atoms with E-state index in [1.54, 1.807) is 6.82 Å². The zero-order chi connectivity index (χ0) is 16.1. The second kappa shape index (κ2) is 7.76. The number of benzene rings is 1. The third-order valence-electron chi connectivity index (χ3n) is 4.23. The smallest absolute Gasteiger partial charge is 0.376 e. The molecule has 0 bridgehead atoms. The van der Waals surface area contributed by atoms with Gasteiger partial charge in [-0.3, -0.25) is 4.79 Å². The van der Waals surface area contributed by atoms with E-state index in [0.29, 0.717) is 19.7 Å². The minimum atomic E-state index is -0.559. The molecule has 0 amide bonds. The van der Waals surface area contributed by atoms with E-state index < -0.39 is 7.05 Å². The van der Waals surface area contributed by atoms with Crippen LogP contribution in [0.5, 0.6) is 0 Å². The van der Waals surface area contributed by atoms with Crippen molar-refractivity contribution in [2.45, 2.75) is 32.8 Å². The molecule has 1 aliphatic rings. The maximum Gasteiger partial charge on any atom is 0.376 e. The summed E-state index contributed by atoms with van der Waals surface area (Å²) in [4.78, 5) is 14.1. The van der Waals surface area contributed by atoms with Gasteiger partial charge in [0.15, 0.2) is 0 Å². The van der Waals surface area contributed by atoms with Crippen LogP contribution in [0.2, 0.25) is 6.82 Å². The molecule has 2 N–H and O–H groups in total. The van der Waals surface area contributed by atoms with Gasteiger partial charge in [0.2, 0.25) is 0 Å². The zero-order valence-corrected chi connectivity index (χ0v) is 13.5. The number of nitrogens with one attached hydrogen (secondary N) is 1. The van der Waals surface area contributed by atoms with Crippen LogP contribution in [0.25, 0.3) is 0 Å². The molecule has 1 fully saturated rings. The molecule has 0 saturated carbocycles. The van der Waals surface area contributed by atoms with E-state index in [1.807, 2.05) is 29.9 Å². The number of carbonyl (C=O) groups is 1. The monoisotopic (exact) mass is 304 g/mol. The summed E-state index contributed by atoms with van der Waals surface area (Å²) < 4.78 is 5.18. The normalized spacial score (nSPS) is 23.3. The molecule has 2 rings (SSSR count). The predicted octanol–water partition coefficient (Wildman–Crippen LogP) is 1.31. The van der Waals surface area contributed by atoms with E-state index >= 15 is 0 Å². The molecule has 1 heterocycles. The number of nitrogens with zero attached hydrogens (tertiary/aromatic N) is 1. The van der Waals surface area contributed by atoms with Gasteiger partial charge in [0.1, 0.15) is 0 Å². The number of esters is 1. The Labute approximate surface area is 132 Å². The van der Waals surface area contributed by atoms with Gasteiger partial charge in [0, 0.05) is 25.2 Å². The van der Waals surface area contributed by atoms with Crippen molar-refractivity contribution < 1.29 is 14.6 Å². The van der Waals surface area contributed by atoms with Crippen LogP contribution in [0.1, 0.15) is 25.5 Å². The van der Waals surface area contributed by atoms with Crippen molar-refractivity contribution in [3.63, 3.8) is 0 Å².